The number of fused-ring (bicyclic) bond motifs is 1. The lowest BCUT2D eigenvalue weighted by molar-refractivity contribution is 0.309. The molecule has 0 fully saturated rings. The lowest BCUT2D eigenvalue weighted by Gasteiger charge is -2.14. The van der Waals surface area contributed by atoms with Gasteiger partial charge in [-0.2, -0.15) is 0 Å². The lowest BCUT2D eigenvalue weighted by atomic mass is 10.0. The molecule has 0 spiro atoms. The van der Waals surface area contributed by atoms with Gasteiger partial charge < -0.3 is 4.74 Å². The highest BCUT2D eigenvalue weighted by Gasteiger charge is 2.12. The summed E-state index contributed by atoms with van der Waals surface area (Å²) in [5.41, 5.74) is 5.99. The summed E-state index contributed by atoms with van der Waals surface area (Å²) in [6.45, 7) is 4.89. The van der Waals surface area contributed by atoms with Gasteiger partial charge in [0.15, 0.2) is 0 Å². The molecule has 0 amide bonds. The Bertz CT molecular complexity index is 1260. The quantitative estimate of drug-likeness (QED) is 0.258. The molecule has 0 N–H and O–H groups in total. The summed E-state index contributed by atoms with van der Waals surface area (Å²) >= 11 is 0. The number of pyridine rings is 1. The topological polar surface area (TPSA) is 22.1 Å². The standard InChI is InChI=1S/C26H26FNOP2/c1-3-4-10-29-19-7-5-6-17(12-19)21-14-26(31)22(15-25(21)30)24-11-16(2)20-13-18(27)8-9-23(20)28-24/h5-9,11-15H,3-4,10,30-31H2,1-2H3. The normalized spacial score (nSPS) is 11.1. The molecule has 0 aliphatic heterocycles. The SMILES string of the molecule is CCCCOc1cccc(-c2cc(P)c(-c3cc(C)c4cc(F)ccc4n3)cc2P)c1. The van der Waals surface area contributed by atoms with Gasteiger partial charge in [0, 0.05) is 10.9 Å². The molecule has 5 heteroatoms. The molecule has 4 aromatic rings. The number of aromatic nitrogens is 1. The molecule has 3 aromatic carbocycles. The summed E-state index contributed by atoms with van der Waals surface area (Å²) in [5, 5.41) is 2.99. The molecule has 31 heavy (non-hydrogen) atoms. The van der Waals surface area contributed by atoms with Crippen molar-refractivity contribution < 1.29 is 9.13 Å². The molecule has 158 valence electrons. The van der Waals surface area contributed by atoms with Crippen molar-refractivity contribution in [3.05, 3.63) is 72.0 Å². The maximum atomic E-state index is 13.6. The summed E-state index contributed by atoms with van der Waals surface area (Å²) < 4.78 is 19.5. The predicted octanol–water partition coefficient (Wildman–Crippen LogP) is 6.20. The van der Waals surface area contributed by atoms with E-state index in [0.29, 0.717) is 0 Å². The van der Waals surface area contributed by atoms with Crippen LogP contribution in [-0.2, 0) is 0 Å². The Morgan fingerprint density at radius 2 is 1.71 bits per heavy atom. The van der Waals surface area contributed by atoms with E-state index in [1.165, 1.54) is 6.07 Å². The number of unbranched alkanes of at least 4 members (excludes halogenated alkanes) is 1. The summed E-state index contributed by atoms with van der Waals surface area (Å²) in [4.78, 5) is 4.80. The molecule has 2 unspecified atom stereocenters. The van der Waals surface area contributed by atoms with E-state index in [1.54, 1.807) is 12.1 Å². The van der Waals surface area contributed by atoms with Gasteiger partial charge in [-0.15, -0.1) is 18.5 Å². The van der Waals surface area contributed by atoms with Crippen molar-refractivity contribution in [2.45, 2.75) is 26.7 Å². The van der Waals surface area contributed by atoms with E-state index in [4.69, 9.17) is 9.72 Å². The van der Waals surface area contributed by atoms with E-state index in [1.807, 2.05) is 25.1 Å². The first-order valence-corrected chi connectivity index (χ1v) is 11.6. The number of hydrogen-bond acceptors (Lipinski definition) is 2. The fourth-order valence-electron chi connectivity index (χ4n) is 3.70. The second-order valence-electron chi connectivity index (χ2n) is 7.74. The van der Waals surface area contributed by atoms with Gasteiger partial charge in [0.1, 0.15) is 11.6 Å². The lowest BCUT2D eigenvalue weighted by Crippen LogP contribution is -2.08. The molecule has 0 saturated carbocycles. The number of nitrogens with zero attached hydrogens (tertiary/aromatic N) is 1. The minimum absolute atomic E-state index is 0.241. The van der Waals surface area contributed by atoms with Crippen LogP contribution in [0.4, 0.5) is 4.39 Å². The smallest absolute Gasteiger partial charge is 0.123 e. The van der Waals surface area contributed by atoms with Gasteiger partial charge in [0.25, 0.3) is 0 Å². The van der Waals surface area contributed by atoms with Crippen LogP contribution >= 0.6 is 18.5 Å². The summed E-state index contributed by atoms with van der Waals surface area (Å²) in [7, 11) is 5.68. The molecular weight excluding hydrogens is 423 g/mol. The molecule has 0 saturated heterocycles. The second-order valence-corrected chi connectivity index (χ2v) is 8.99. The minimum atomic E-state index is -0.241. The molecule has 1 heterocycles. The zero-order valence-electron chi connectivity index (χ0n) is 17.8. The highest BCUT2D eigenvalue weighted by molar-refractivity contribution is 7.29. The zero-order chi connectivity index (χ0) is 22.0. The fraction of sp³-hybridized carbons (Fsp3) is 0.192. The fourth-order valence-corrected chi connectivity index (χ4v) is 4.51. The van der Waals surface area contributed by atoms with E-state index in [9.17, 15) is 4.39 Å². The number of aryl methyl sites for hydroxylation is 1. The molecule has 4 rings (SSSR count). The summed E-state index contributed by atoms with van der Waals surface area (Å²) in [6.07, 6.45) is 2.17. The zero-order valence-corrected chi connectivity index (χ0v) is 20.1. The van der Waals surface area contributed by atoms with Gasteiger partial charge >= 0.3 is 0 Å². The van der Waals surface area contributed by atoms with Crippen molar-refractivity contribution in [2.75, 3.05) is 6.61 Å². The van der Waals surface area contributed by atoms with Crippen molar-refractivity contribution in [3.8, 4) is 28.1 Å². The maximum absolute atomic E-state index is 13.6. The summed E-state index contributed by atoms with van der Waals surface area (Å²) in [5.74, 6) is 0.651. The number of rotatable bonds is 6. The van der Waals surface area contributed by atoms with Crippen LogP contribution in [0.1, 0.15) is 25.3 Å². The first-order chi connectivity index (χ1) is 15.0. The molecule has 2 atom stereocenters. The van der Waals surface area contributed by atoms with Crippen molar-refractivity contribution in [2.24, 2.45) is 0 Å². The van der Waals surface area contributed by atoms with E-state index in [2.05, 4.69) is 49.7 Å². The summed E-state index contributed by atoms with van der Waals surface area (Å²) in [6, 6.07) is 19.3. The van der Waals surface area contributed by atoms with Crippen LogP contribution in [0.3, 0.4) is 0 Å². The first kappa shape index (κ1) is 21.9. The third kappa shape index (κ3) is 4.79. The van der Waals surface area contributed by atoms with Crippen molar-refractivity contribution >= 4 is 40.0 Å². The van der Waals surface area contributed by atoms with Crippen LogP contribution < -0.4 is 15.3 Å². The van der Waals surface area contributed by atoms with Crippen molar-refractivity contribution in [1.29, 1.82) is 0 Å². The monoisotopic (exact) mass is 449 g/mol. The van der Waals surface area contributed by atoms with Crippen LogP contribution in [0.2, 0.25) is 0 Å². The first-order valence-electron chi connectivity index (χ1n) is 10.5. The maximum Gasteiger partial charge on any atom is 0.123 e. The van der Waals surface area contributed by atoms with Crippen LogP contribution in [-0.4, -0.2) is 11.6 Å². The van der Waals surface area contributed by atoms with Crippen molar-refractivity contribution in [3.63, 3.8) is 0 Å². The van der Waals surface area contributed by atoms with Gasteiger partial charge in [-0.3, -0.25) is 0 Å². The largest absolute Gasteiger partial charge is 0.494 e. The molecule has 0 bridgehead atoms. The Balaban J connectivity index is 1.72. The van der Waals surface area contributed by atoms with Gasteiger partial charge in [-0.05, 0) is 89.2 Å². The number of benzene rings is 3. The number of ether oxygens (including phenoxy) is 1. The Kier molecular flexibility index (Phi) is 6.65. The van der Waals surface area contributed by atoms with Gasteiger partial charge in [-0.25, -0.2) is 9.37 Å². The number of hydrogen-bond donors (Lipinski definition) is 0. The van der Waals surface area contributed by atoms with Gasteiger partial charge in [0.2, 0.25) is 0 Å². The Morgan fingerprint density at radius 3 is 2.52 bits per heavy atom. The Morgan fingerprint density at radius 1 is 0.935 bits per heavy atom. The van der Waals surface area contributed by atoms with Crippen LogP contribution in [0.25, 0.3) is 33.3 Å². The number of halogens is 1. The van der Waals surface area contributed by atoms with E-state index >= 15 is 0 Å². The average molecular weight is 449 g/mol. The third-order valence-electron chi connectivity index (χ3n) is 5.39. The van der Waals surface area contributed by atoms with Crippen molar-refractivity contribution in [1.82, 2.24) is 4.98 Å². The van der Waals surface area contributed by atoms with E-state index in [0.717, 1.165) is 74.7 Å². The van der Waals surface area contributed by atoms with Crippen LogP contribution in [0, 0.1) is 12.7 Å². The molecule has 1 aromatic heterocycles. The van der Waals surface area contributed by atoms with E-state index < -0.39 is 0 Å². The molecule has 0 aliphatic carbocycles. The molecule has 2 nitrogen and oxygen atoms in total. The minimum Gasteiger partial charge on any atom is -0.494 e. The Labute approximate surface area is 187 Å². The van der Waals surface area contributed by atoms with E-state index in [-0.39, 0.29) is 5.82 Å². The van der Waals surface area contributed by atoms with Gasteiger partial charge in [0.05, 0.1) is 17.8 Å². The van der Waals surface area contributed by atoms with Crippen LogP contribution in [0.5, 0.6) is 5.75 Å². The second kappa shape index (κ2) is 9.43. The molecule has 0 aliphatic rings. The molecular formula is C26H26FNOP2. The predicted molar refractivity (Wildman–Crippen MR) is 136 cm³/mol. The Hall–Kier alpha value is -2.34. The molecule has 0 radical (unpaired) electrons. The highest BCUT2D eigenvalue weighted by atomic mass is 31.0. The van der Waals surface area contributed by atoms with Crippen LogP contribution in [0.15, 0.2) is 60.7 Å². The highest BCUT2D eigenvalue weighted by Crippen LogP contribution is 2.29. The average Bonchev–Trinajstić information content (AvgIpc) is 2.76. The third-order valence-corrected chi connectivity index (χ3v) is 6.34. The van der Waals surface area contributed by atoms with Gasteiger partial charge in [-0.1, -0.05) is 25.5 Å².